The van der Waals surface area contributed by atoms with Gasteiger partial charge in [-0.2, -0.15) is 4.98 Å². The summed E-state index contributed by atoms with van der Waals surface area (Å²) in [5.41, 5.74) is 2.19. The average Bonchev–Trinajstić information content (AvgIpc) is 3.16. The molecule has 0 spiro atoms. The van der Waals surface area contributed by atoms with Gasteiger partial charge in [-0.25, -0.2) is 13.9 Å². The Morgan fingerprint density at radius 2 is 2.09 bits per heavy atom. The van der Waals surface area contributed by atoms with Gasteiger partial charge in [0.1, 0.15) is 11.2 Å². The summed E-state index contributed by atoms with van der Waals surface area (Å²) in [4.78, 5) is 20.8. The maximum absolute atomic E-state index is 14.8. The Morgan fingerprint density at radius 1 is 1.28 bits per heavy atom. The Labute approximate surface area is 182 Å². The van der Waals surface area contributed by atoms with Gasteiger partial charge >= 0.3 is 0 Å². The van der Waals surface area contributed by atoms with Gasteiger partial charge in [-0.15, -0.1) is 5.10 Å². The molecule has 0 aliphatic heterocycles. The van der Waals surface area contributed by atoms with Gasteiger partial charge in [0.05, 0.1) is 13.3 Å². The van der Waals surface area contributed by atoms with Crippen molar-refractivity contribution >= 4 is 23.0 Å². The van der Waals surface area contributed by atoms with Gasteiger partial charge in [0.15, 0.2) is 11.5 Å². The molecule has 2 aliphatic carbocycles. The van der Waals surface area contributed by atoms with Crippen LogP contribution in [0.25, 0.3) is 22.3 Å². The van der Waals surface area contributed by atoms with Crippen LogP contribution in [0, 0.1) is 17.7 Å². The van der Waals surface area contributed by atoms with Crippen molar-refractivity contribution in [1.82, 2.24) is 29.3 Å². The second kappa shape index (κ2) is 6.91. The van der Waals surface area contributed by atoms with Crippen molar-refractivity contribution in [2.24, 2.45) is 11.8 Å². The highest BCUT2D eigenvalue weighted by atomic mass is 19.1. The van der Waals surface area contributed by atoms with E-state index < -0.39 is 5.82 Å². The molecule has 32 heavy (non-hydrogen) atoms. The molecule has 2 saturated carbocycles. The summed E-state index contributed by atoms with van der Waals surface area (Å²) in [6.45, 7) is 0. The lowest BCUT2D eigenvalue weighted by Gasteiger charge is -2.15. The minimum atomic E-state index is -0.532. The molecule has 2 fully saturated rings. The van der Waals surface area contributed by atoms with E-state index in [4.69, 9.17) is 4.74 Å². The van der Waals surface area contributed by atoms with E-state index in [1.165, 1.54) is 30.1 Å². The summed E-state index contributed by atoms with van der Waals surface area (Å²) < 4.78 is 23.5. The maximum atomic E-state index is 14.8. The number of fused-ring (bicyclic) bond motifs is 3. The number of halogens is 1. The first kappa shape index (κ1) is 19.0. The summed E-state index contributed by atoms with van der Waals surface area (Å²) in [5.74, 6) is 1.73. The Balaban J connectivity index is 1.43. The zero-order valence-corrected chi connectivity index (χ0v) is 17.7. The molecule has 4 heterocycles. The smallest absolute Gasteiger partial charge is 0.269 e. The van der Waals surface area contributed by atoms with Crippen molar-refractivity contribution in [3.8, 4) is 17.0 Å². The summed E-state index contributed by atoms with van der Waals surface area (Å²) in [5, 5.41) is 10.6. The summed E-state index contributed by atoms with van der Waals surface area (Å²) in [6, 6.07) is 3.61. The number of carbonyl (C=O) groups excluding carboxylic acids is 1. The highest BCUT2D eigenvalue weighted by Gasteiger charge is 2.46. The molecule has 2 atom stereocenters. The standard InChI is InChI=1S/C22H22FN7O2/c1-24-20(31)17-9-25-19-16(23)8-13(10-29(17)19)15-3-4-30-18(15)21(32-2)27-22(28-30)26-14-6-11-5-12(11)7-14/h3-4,8-12,14H,5-7H2,1-2H3,(H,24,31)(H,26,28). The van der Waals surface area contributed by atoms with Gasteiger partial charge < -0.3 is 15.4 Å². The normalized spacial score (nSPS) is 21.7. The lowest BCUT2D eigenvalue weighted by Crippen LogP contribution is -2.20. The Kier molecular flexibility index (Phi) is 4.11. The van der Waals surface area contributed by atoms with Crippen LogP contribution in [0.4, 0.5) is 10.3 Å². The first-order valence-corrected chi connectivity index (χ1v) is 10.6. The molecular weight excluding hydrogens is 413 g/mol. The van der Waals surface area contributed by atoms with E-state index in [-0.39, 0.29) is 17.2 Å². The van der Waals surface area contributed by atoms with E-state index in [9.17, 15) is 9.18 Å². The molecule has 1 amide bonds. The third kappa shape index (κ3) is 2.89. The number of aromatic nitrogens is 5. The van der Waals surface area contributed by atoms with Crippen molar-refractivity contribution in [2.45, 2.75) is 25.3 Å². The zero-order valence-electron chi connectivity index (χ0n) is 17.7. The van der Waals surface area contributed by atoms with Crippen molar-refractivity contribution in [3.05, 3.63) is 42.2 Å². The molecule has 164 valence electrons. The number of rotatable bonds is 5. The van der Waals surface area contributed by atoms with Crippen LogP contribution in [0.15, 0.2) is 30.7 Å². The Bertz CT molecular complexity index is 1370. The van der Waals surface area contributed by atoms with E-state index in [0.717, 1.165) is 24.7 Å². The van der Waals surface area contributed by atoms with Crippen LogP contribution >= 0.6 is 0 Å². The van der Waals surface area contributed by atoms with Gasteiger partial charge in [0.25, 0.3) is 5.91 Å². The fraction of sp³-hybridized carbons (Fsp3) is 0.364. The Hall–Kier alpha value is -3.69. The molecule has 10 heteroatoms. The fourth-order valence-corrected chi connectivity index (χ4v) is 4.93. The molecule has 4 aromatic rings. The third-order valence-corrected chi connectivity index (χ3v) is 6.58. The average molecular weight is 435 g/mol. The lowest BCUT2D eigenvalue weighted by atomic mass is 10.1. The first-order chi connectivity index (χ1) is 15.6. The molecule has 4 aromatic heterocycles. The van der Waals surface area contributed by atoms with Crippen LogP contribution in [0.1, 0.15) is 29.8 Å². The number of amides is 1. The van der Waals surface area contributed by atoms with Crippen molar-refractivity contribution in [2.75, 3.05) is 19.5 Å². The van der Waals surface area contributed by atoms with E-state index in [1.54, 1.807) is 24.0 Å². The monoisotopic (exact) mass is 435 g/mol. The number of ether oxygens (including phenoxy) is 1. The van der Waals surface area contributed by atoms with E-state index >= 15 is 0 Å². The van der Waals surface area contributed by atoms with Gasteiger partial charge in [0.2, 0.25) is 11.8 Å². The first-order valence-electron chi connectivity index (χ1n) is 10.6. The number of carbonyl (C=O) groups is 1. The molecule has 0 aromatic carbocycles. The van der Waals surface area contributed by atoms with Crippen LogP contribution in [-0.4, -0.2) is 50.1 Å². The molecule has 6 rings (SSSR count). The second-order valence-corrected chi connectivity index (χ2v) is 8.53. The minimum absolute atomic E-state index is 0.0835. The van der Waals surface area contributed by atoms with E-state index in [2.05, 4.69) is 25.7 Å². The van der Waals surface area contributed by atoms with Crippen LogP contribution in [0.5, 0.6) is 5.88 Å². The summed E-state index contributed by atoms with van der Waals surface area (Å²) in [7, 11) is 3.07. The molecule has 2 unspecified atom stereocenters. The highest BCUT2D eigenvalue weighted by Crippen LogP contribution is 2.52. The van der Waals surface area contributed by atoms with Crippen LogP contribution in [0.2, 0.25) is 0 Å². The van der Waals surface area contributed by atoms with Crippen molar-refractivity contribution < 1.29 is 13.9 Å². The topological polar surface area (TPSA) is 97.9 Å². The Morgan fingerprint density at radius 3 is 2.84 bits per heavy atom. The predicted octanol–water partition coefficient (Wildman–Crippen LogP) is 2.76. The van der Waals surface area contributed by atoms with Gasteiger partial charge in [-0.1, -0.05) is 0 Å². The number of anilines is 1. The molecule has 9 nitrogen and oxygen atoms in total. The largest absolute Gasteiger partial charge is 0.479 e. The molecule has 0 saturated heterocycles. The highest BCUT2D eigenvalue weighted by molar-refractivity contribution is 5.93. The fourth-order valence-electron chi connectivity index (χ4n) is 4.93. The summed E-state index contributed by atoms with van der Waals surface area (Å²) in [6.07, 6.45) is 8.49. The maximum Gasteiger partial charge on any atom is 0.269 e. The van der Waals surface area contributed by atoms with Gasteiger partial charge in [0, 0.05) is 36.6 Å². The molecule has 2 N–H and O–H groups in total. The number of pyridine rings is 1. The second-order valence-electron chi connectivity index (χ2n) is 8.53. The number of nitrogens with one attached hydrogen (secondary N) is 2. The molecule has 0 bridgehead atoms. The van der Waals surface area contributed by atoms with E-state index in [0.29, 0.717) is 34.5 Å². The number of methoxy groups -OCH3 is 1. The molecule has 2 aliphatic rings. The van der Waals surface area contributed by atoms with Crippen LogP contribution in [-0.2, 0) is 0 Å². The number of hydrogen-bond donors (Lipinski definition) is 2. The zero-order chi connectivity index (χ0) is 22.0. The van der Waals surface area contributed by atoms with Gasteiger partial charge in [-0.05, 0) is 43.2 Å². The predicted molar refractivity (Wildman–Crippen MR) is 115 cm³/mol. The SMILES string of the molecule is CNC(=O)c1cnc2c(F)cc(-c3ccn4nc(NC5CC6CC6C5)nc(OC)c34)cn12. The van der Waals surface area contributed by atoms with Crippen LogP contribution < -0.4 is 15.4 Å². The van der Waals surface area contributed by atoms with E-state index in [1.807, 2.05) is 6.07 Å². The molecule has 0 radical (unpaired) electrons. The summed E-state index contributed by atoms with van der Waals surface area (Å²) >= 11 is 0. The number of hydrogen-bond acceptors (Lipinski definition) is 6. The van der Waals surface area contributed by atoms with Crippen molar-refractivity contribution in [3.63, 3.8) is 0 Å². The quantitative estimate of drug-likeness (QED) is 0.500. The number of imidazole rings is 1. The van der Waals surface area contributed by atoms with Gasteiger partial charge in [-0.3, -0.25) is 9.20 Å². The lowest BCUT2D eigenvalue weighted by molar-refractivity contribution is 0.0957. The van der Waals surface area contributed by atoms with Crippen LogP contribution in [0.3, 0.4) is 0 Å². The van der Waals surface area contributed by atoms with Crippen molar-refractivity contribution in [1.29, 1.82) is 0 Å². The number of nitrogens with zero attached hydrogens (tertiary/aromatic N) is 5. The molecular formula is C22H22FN7O2. The minimum Gasteiger partial charge on any atom is -0.479 e. The third-order valence-electron chi connectivity index (χ3n) is 6.58.